The normalized spacial score (nSPS) is 14.1. The summed E-state index contributed by atoms with van der Waals surface area (Å²) in [5, 5.41) is 30.6. The molecule has 0 aliphatic heterocycles. The monoisotopic (exact) mass is 464 g/mol. The van der Waals surface area contributed by atoms with Gasteiger partial charge in [0.15, 0.2) is 0 Å². The average Bonchev–Trinajstić information content (AvgIpc) is 2.81. The van der Waals surface area contributed by atoms with Crippen molar-refractivity contribution in [2.45, 2.75) is 154 Å². The summed E-state index contributed by atoms with van der Waals surface area (Å²) in [5.74, 6) is -3.65. The van der Waals surface area contributed by atoms with Crippen molar-refractivity contribution in [1.82, 2.24) is 5.32 Å². The van der Waals surface area contributed by atoms with E-state index < -0.39 is 11.8 Å². The van der Waals surface area contributed by atoms with E-state index in [4.69, 9.17) is 5.73 Å². The molecule has 0 fully saturated rings. The first kappa shape index (κ1) is 31.7. The van der Waals surface area contributed by atoms with Crippen LogP contribution in [0.15, 0.2) is 0 Å². The predicted octanol–water partition coefficient (Wildman–Crippen LogP) is 7.15. The highest BCUT2D eigenvalue weighted by Crippen LogP contribution is 2.23. The summed E-state index contributed by atoms with van der Waals surface area (Å²) in [4.78, 5) is 13.2. The van der Waals surface area contributed by atoms with Gasteiger partial charge in [-0.05, 0) is 12.8 Å². The third kappa shape index (κ3) is 16.3. The van der Waals surface area contributed by atoms with Crippen LogP contribution in [-0.2, 0) is 14.7 Å². The van der Waals surface area contributed by atoms with E-state index in [0.29, 0.717) is 12.8 Å². The maximum Gasteiger partial charge on any atom is 0.289 e. The molecule has 194 valence electrons. The van der Waals surface area contributed by atoms with Crippen molar-refractivity contribution in [2.75, 3.05) is 0 Å². The first-order valence-electron chi connectivity index (χ1n) is 13.1. The number of hydrogen-bond acceptors (Lipinski definition) is 8. The van der Waals surface area contributed by atoms with Crippen LogP contribution in [0.5, 0.6) is 0 Å². The van der Waals surface area contributed by atoms with Gasteiger partial charge in [0.2, 0.25) is 5.85 Å². The molecule has 0 heterocycles. The molecular formula is C24H52N2O6. The van der Waals surface area contributed by atoms with E-state index in [1.807, 2.05) is 0 Å². The molecule has 0 aromatic rings. The van der Waals surface area contributed by atoms with Crippen molar-refractivity contribution in [3.63, 3.8) is 0 Å². The van der Waals surface area contributed by atoms with E-state index >= 15 is 0 Å². The molecule has 0 amide bonds. The summed E-state index contributed by atoms with van der Waals surface area (Å²) in [6, 6.07) is 0. The topological polar surface area (TPSA) is 126 Å². The second-order valence-corrected chi connectivity index (χ2v) is 9.20. The molecule has 0 aromatic heterocycles. The molecular weight excluding hydrogens is 412 g/mol. The summed E-state index contributed by atoms with van der Waals surface area (Å²) in [7, 11) is 0. The van der Waals surface area contributed by atoms with Gasteiger partial charge in [-0.2, -0.15) is 9.78 Å². The van der Waals surface area contributed by atoms with Crippen LogP contribution >= 0.6 is 0 Å². The fraction of sp³-hybridized carbons (Fsp3) is 1.00. The van der Waals surface area contributed by atoms with E-state index in [0.717, 1.165) is 32.1 Å². The van der Waals surface area contributed by atoms with E-state index in [1.54, 1.807) is 0 Å². The maximum atomic E-state index is 9.35. The van der Waals surface area contributed by atoms with Gasteiger partial charge in [-0.1, -0.05) is 117 Å². The number of unbranched alkanes of at least 4 members (excludes halogenated alkanes) is 16. The minimum absolute atomic E-state index is 0.149. The molecule has 0 radical (unpaired) electrons. The van der Waals surface area contributed by atoms with Crippen LogP contribution in [0, 0.1) is 0 Å². The van der Waals surface area contributed by atoms with Gasteiger partial charge in [-0.25, -0.2) is 26.0 Å². The van der Waals surface area contributed by atoms with E-state index in [2.05, 4.69) is 33.8 Å². The van der Waals surface area contributed by atoms with Crippen molar-refractivity contribution in [1.29, 1.82) is 0 Å². The Morgan fingerprint density at radius 3 is 1.22 bits per heavy atom. The largest absolute Gasteiger partial charge is 0.289 e. The molecule has 0 spiro atoms. The van der Waals surface area contributed by atoms with E-state index in [9.17, 15) is 15.8 Å². The van der Waals surface area contributed by atoms with Crippen LogP contribution < -0.4 is 11.1 Å². The Morgan fingerprint density at radius 1 is 0.531 bits per heavy atom. The second-order valence-electron chi connectivity index (χ2n) is 9.20. The lowest BCUT2D eigenvalue weighted by atomic mass is 10.0. The second kappa shape index (κ2) is 21.2. The van der Waals surface area contributed by atoms with Crippen LogP contribution in [-0.4, -0.2) is 27.5 Å². The summed E-state index contributed by atoms with van der Waals surface area (Å²) in [6.45, 7) is 4.42. The first-order valence-corrected chi connectivity index (χ1v) is 13.1. The number of nitrogens with two attached hydrogens (primary N) is 1. The van der Waals surface area contributed by atoms with Crippen molar-refractivity contribution < 1.29 is 30.4 Å². The molecule has 0 rings (SSSR count). The van der Waals surface area contributed by atoms with Crippen LogP contribution in [0.4, 0.5) is 0 Å². The van der Waals surface area contributed by atoms with Crippen molar-refractivity contribution in [2.24, 2.45) is 5.73 Å². The lowest BCUT2D eigenvalue weighted by molar-refractivity contribution is -0.513. The van der Waals surface area contributed by atoms with Crippen LogP contribution in [0.25, 0.3) is 0 Å². The highest BCUT2D eigenvalue weighted by molar-refractivity contribution is 4.77. The molecule has 0 aromatic carbocycles. The zero-order valence-electron chi connectivity index (χ0n) is 20.8. The number of hydrogen-bond donors (Lipinski definition) is 5. The number of rotatable bonds is 25. The van der Waals surface area contributed by atoms with Crippen molar-refractivity contribution in [3.8, 4) is 0 Å². The Hall–Kier alpha value is -0.320. The average molecular weight is 465 g/mol. The first-order chi connectivity index (χ1) is 15.5. The summed E-state index contributed by atoms with van der Waals surface area (Å²) in [6.07, 6.45) is 20.8. The molecule has 8 heteroatoms. The lowest BCUT2D eigenvalue weighted by Gasteiger charge is -2.36. The van der Waals surface area contributed by atoms with Gasteiger partial charge < -0.3 is 0 Å². The molecule has 1 atom stereocenters. The smallest absolute Gasteiger partial charge is 0.288 e. The zero-order valence-corrected chi connectivity index (χ0v) is 20.8. The Bertz CT molecular complexity index is 399. The Labute approximate surface area is 196 Å². The standard InChI is InChI=1S/C24H52N2O6/c1-3-5-7-9-11-13-15-17-19-21-23(25,30-27)26-24(31-28,32-29)22-20-18-16-14-12-10-8-6-4-2/h26-29H,3-22,25H2,1-2H3. The minimum Gasteiger partial charge on any atom is -0.288 e. The fourth-order valence-electron chi connectivity index (χ4n) is 4.04. The molecule has 8 nitrogen and oxygen atoms in total. The SMILES string of the molecule is CCCCCCCCCCCC(N)(NC(CCCCCCCCCCC)(OO)OO)OO. The van der Waals surface area contributed by atoms with E-state index in [1.165, 1.54) is 70.6 Å². The molecule has 0 aliphatic carbocycles. The molecule has 32 heavy (non-hydrogen) atoms. The minimum atomic E-state index is -1.95. The summed E-state index contributed by atoms with van der Waals surface area (Å²) >= 11 is 0. The summed E-state index contributed by atoms with van der Waals surface area (Å²) in [5.41, 5.74) is 6.07. The third-order valence-corrected chi connectivity index (χ3v) is 6.12. The molecule has 0 bridgehead atoms. The fourth-order valence-corrected chi connectivity index (χ4v) is 4.04. The van der Waals surface area contributed by atoms with Gasteiger partial charge in [0.25, 0.3) is 5.91 Å². The van der Waals surface area contributed by atoms with Crippen LogP contribution in [0.3, 0.4) is 0 Å². The van der Waals surface area contributed by atoms with Crippen LogP contribution in [0.2, 0.25) is 0 Å². The molecule has 0 saturated carbocycles. The predicted molar refractivity (Wildman–Crippen MR) is 128 cm³/mol. The lowest BCUT2D eigenvalue weighted by Crippen LogP contribution is -2.65. The Kier molecular flexibility index (Phi) is 21.0. The zero-order chi connectivity index (χ0) is 24.0. The van der Waals surface area contributed by atoms with Crippen LogP contribution in [0.1, 0.15) is 142 Å². The van der Waals surface area contributed by atoms with Gasteiger partial charge in [-0.15, -0.1) is 0 Å². The van der Waals surface area contributed by atoms with Gasteiger partial charge in [0.1, 0.15) is 0 Å². The number of nitrogens with one attached hydrogen (secondary N) is 1. The van der Waals surface area contributed by atoms with Gasteiger partial charge >= 0.3 is 0 Å². The maximum absolute atomic E-state index is 9.35. The van der Waals surface area contributed by atoms with Crippen molar-refractivity contribution >= 4 is 0 Å². The summed E-state index contributed by atoms with van der Waals surface area (Å²) < 4.78 is 0. The van der Waals surface area contributed by atoms with Crippen molar-refractivity contribution in [3.05, 3.63) is 0 Å². The Morgan fingerprint density at radius 2 is 0.875 bits per heavy atom. The quantitative estimate of drug-likeness (QED) is 0.0417. The molecule has 0 saturated heterocycles. The van der Waals surface area contributed by atoms with E-state index in [-0.39, 0.29) is 12.8 Å². The third-order valence-electron chi connectivity index (χ3n) is 6.12. The molecule has 6 N–H and O–H groups in total. The highest BCUT2D eigenvalue weighted by atomic mass is 17.2. The highest BCUT2D eigenvalue weighted by Gasteiger charge is 2.42. The molecule has 1 unspecified atom stereocenters. The molecule has 0 aliphatic rings. The van der Waals surface area contributed by atoms with Gasteiger partial charge in [0, 0.05) is 12.8 Å². The Balaban J connectivity index is 4.19. The van der Waals surface area contributed by atoms with Gasteiger partial charge in [-0.3, -0.25) is 5.73 Å². The van der Waals surface area contributed by atoms with Gasteiger partial charge in [0.05, 0.1) is 0 Å².